The molecule has 2 aromatic rings. The van der Waals surface area contributed by atoms with Crippen LogP contribution in [0.5, 0.6) is 0 Å². The van der Waals surface area contributed by atoms with Gasteiger partial charge in [-0.1, -0.05) is 45.9 Å². The molecule has 0 aliphatic rings. The van der Waals surface area contributed by atoms with Gasteiger partial charge < -0.3 is 43.2 Å². The highest BCUT2D eigenvalue weighted by Gasteiger charge is 2.32. The highest BCUT2D eigenvalue weighted by atomic mass is 16.4. The van der Waals surface area contributed by atoms with Crippen LogP contribution in [0.3, 0.4) is 0 Å². The molecule has 1 aromatic heterocycles. The molecule has 0 saturated carbocycles. The number of carbonyl (C=O) groups excluding carboxylic acids is 3. The molecule has 226 valence electrons. The lowest BCUT2D eigenvalue weighted by atomic mass is 9.99. The Labute approximate surface area is 240 Å². The molecule has 1 aromatic carbocycles. The Morgan fingerprint density at radius 2 is 1.61 bits per heavy atom. The lowest BCUT2D eigenvalue weighted by Crippen LogP contribution is -2.59. The minimum atomic E-state index is -1.23. The fourth-order valence-electron chi connectivity index (χ4n) is 4.43. The first-order valence-corrected chi connectivity index (χ1v) is 13.8. The van der Waals surface area contributed by atoms with Crippen molar-refractivity contribution in [3.05, 3.63) is 36.0 Å². The van der Waals surface area contributed by atoms with Crippen LogP contribution < -0.4 is 33.2 Å². The first-order valence-electron chi connectivity index (χ1n) is 13.8. The molecule has 3 amide bonds. The van der Waals surface area contributed by atoms with Gasteiger partial charge in [-0.2, -0.15) is 0 Å². The Morgan fingerprint density at radius 3 is 2.22 bits per heavy atom. The molecule has 4 atom stereocenters. The summed E-state index contributed by atoms with van der Waals surface area (Å²) in [4.78, 5) is 58.5. The number of H-pyrrole nitrogens is 1. The quantitative estimate of drug-likeness (QED) is 0.0791. The lowest BCUT2D eigenvalue weighted by Gasteiger charge is -2.27. The van der Waals surface area contributed by atoms with Gasteiger partial charge in [-0.15, -0.1) is 0 Å². The van der Waals surface area contributed by atoms with Gasteiger partial charge in [-0.05, 0) is 42.7 Å². The number of rotatable bonds is 16. The average molecular weight is 573 g/mol. The second kappa shape index (κ2) is 15.6. The molecule has 0 fully saturated rings. The van der Waals surface area contributed by atoms with Crippen LogP contribution in [0.2, 0.25) is 0 Å². The number of hydrogen-bond acceptors (Lipinski definition) is 6. The summed E-state index contributed by atoms with van der Waals surface area (Å²) in [7, 11) is 0. The Morgan fingerprint density at radius 1 is 0.951 bits per heavy atom. The Kier molecular flexibility index (Phi) is 12.6. The second-order valence-corrected chi connectivity index (χ2v) is 10.9. The first kappa shape index (κ1) is 33.1. The van der Waals surface area contributed by atoms with E-state index in [1.807, 2.05) is 38.1 Å². The summed E-state index contributed by atoms with van der Waals surface area (Å²) in [5.74, 6) is -3.19. The zero-order chi connectivity index (χ0) is 30.7. The molecule has 0 aliphatic heterocycles. The predicted molar refractivity (Wildman–Crippen MR) is 158 cm³/mol. The van der Waals surface area contributed by atoms with E-state index in [2.05, 4.69) is 25.9 Å². The van der Waals surface area contributed by atoms with Crippen molar-refractivity contribution >= 4 is 40.6 Å². The summed E-state index contributed by atoms with van der Waals surface area (Å²) >= 11 is 0. The number of aliphatic imine (C=N–C) groups is 1. The normalized spacial score (nSPS) is 14.2. The molecule has 13 nitrogen and oxygen atoms in total. The third kappa shape index (κ3) is 10.4. The molecule has 13 heteroatoms. The van der Waals surface area contributed by atoms with Crippen molar-refractivity contribution in [1.82, 2.24) is 20.9 Å². The third-order valence-electron chi connectivity index (χ3n) is 6.60. The topological polar surface area (TPSA) is 231 Å². The number of carboxylic acids is 1. The number of carboxylic acid groups (broad SMARTS) is 1. The van der Waals surface area contributed by atoms with Crippen molar-refractivity contribution in [2.24, 2.45) is 34.0 Å². The largest absolute Gasteiger partial charge is 0.480 e. The number of carbonyl (C=O) groups is 4. The highest BCUT2D eigenvalue weighted by Crippen LogP contribution is 2.19. The number of aliphatic carboxylic acids is 1. The van der Waals surface area contributed by atoms with Crippen LogP contribution in [0, 0.1) is 11.8 Å². The van der Waals surface area contributed by atoms with Crippen LogP contribution in [0.15, 0.2) is 35.5 Å². The minimum Gasteiger partial charge on any atom is -0.480 e. The van der Waals surface area contributed by atoms with Gasteiger partial charge in [-0.25, -0.2) is 4.79 Å². The van der Waals surface area contributed by atoms with E-state index in [0.29, 0.717) is 12.8 Å². The fraction of sp³-hybridized carbons (Fsp3) is 0.536. The molecule has 0 spiro atoms. The molecule has 0 saturated heterocycles. The maximum atomic E-state index is 13.5. The zero-order valence-corrected chi connectivity index (χ0v) is 24.1. The van der Waals surface area contributed by atoms with Gasteiger partial charge in [0.25, 0.3) is 0 Å². The highest BCUT2D eigenvalue weighted by molar-refractivity contribution is 5.95. The zero-order valence-electron chi connectivity index (χ0n) is 24.1. The summed E-state index contributed by atoms with van der Waals surface area (Å²) in [6.07, 6.45) is 2.65. The average Bonchev–Trinajstić information content (AvgIpc) is 3.30. The standard InChI is InChI=1S/C28H44N8O5/c1-15(2)12-19(29)24(37)36-23(16(3)4)26(39)35-22(13-17-14-33-20-9-6-5-8-18(17)20)25(38)34-21(27(40)41)10-7-11-32-28(30)31/h5-6,8-9,14-16,19,21-23,33H,7,10-13,29H2,1-4H3,(H,34,38)(H,35,39)(H,36,37)(H,40,41)(H4,30,31,32). The van der Waals surface area contributed by atoms with Crippen molar-refractivity contribution in [3.8, 4) is 0 Å². The maximum absolute atomic E-state index is 13.5. The molecule has 0 bridgehead atoms. The Hall–Kier alpha value is -4.13. The van der Waals surface area contributed by atoms with Crippen molar-refractivity contribution in [2.75, 3.05) is 6.54 Å². The monoisotopic (exact) mass is 572 g/mol. The van der Waals surface area contributed by atoms with Crippen LogP contribution in [0.25, 0.3) is 10.9 Å². The molecule has 4 unspecified atom stereocenters. The molecule has 0 aliphatic carbocycles. The van der Waals surface area contributed by atoms with E-state index in [-0.39, 0.29) is 37.2 Å². The Bertz CT molecular complexity index is 1220. The van der Waals surface area contributed by atoms with E-state index in [0.717, 1.165) is 16.5 Å². The minimum absolute atomic E-state index is 0.0734. The number of benzene rings is 1. The SMILES string of the molecule is CC(C)CC(N)C(=O)NC(C(=O)NC(Cc1c[nH]c2ccccc12)C(=O)NC(CCCN=C(N)N)C(=O)O)C(C)C. The number of fused-ring (bicyclic) bond motifs is 1. The van der Waals surface area contributed by atoms with E-state index in [4.69, 9.17) is 17.2 Å². The van der Waals surface area contributed by atoms with E-state index >= 15 is 0 Å². The van der Waals surface area contributed by atoms with Crippen LogP contribution in [0.1, 0.15) is 52.5 Å². The van der Waals surface area contributed by atoms with Crippen LogP contribution in [0.4, 0.5) is 0 Å². The smallest absolute Gasteiger partial charge is 0.326 e. The van der Waals surface area contributed by atoms with Crippen LogP contribution >= 0.6 is 0 Å². The van der Waals surface area contributed by atoms with Gasteiger partial charge >= 0.3 is 5.97 Å². The van der Waals surface area contributed by atoms with Gasteiger partial charge in [0.1, 0.15) is 18.1 Å². The number of nitrogens with one attached hydrogen (secondary N) is 4. The number of guanidine groups is 1. The van der Waals surface area contributed by atoms with Gasteiger partial charge in [0, 0.05) is 30.1 Å². The van der Waals surface area contributed by atoms with Gasteiger partial charge in [0.2, 0.25) is 17.7 Å². The number of para-hydroxylation sites is 1. The van der Waals surface area contributed by atoms with Gasteiger partial charge in [-0.3, -0.25) is 19.4 Å². The van der Waals surface area contributed by atoms with Crippen LogP contribution in [-0.2, 0) is 25.6 Å². The van der Waals surface area contributed by atoms with E-state index in [9.17, 15) is 24.3 Å². The van der Waals surface area contributed by atoms with E-state index in [1.165, 1.54) is 0 Å². The molecule has 41 heavy (non-hydrogen) atoms. The summed E-state index contributed by atoms with van der Waals surface area (Å²) in [5.41, 5.74) is 18.3. The van der Waals surface area contributed by atoms with E-state index < -0.39 is 47.9 Å². The summed E-state index contributed by atoms with van der Waals surface area (Å²) in [6, 6.07) is 3.38. The Balaban J connectivity index is 2.28. The molecule has 1 heterocycles. The number of amides is 3. The van der Waals surface area contributed by atoms with Gasteiger partial charge in [0.15, 0.2) is 5.96 Å². The number of nitrogens with two attached hydrogens (primary N) is 3. The summed E-state index contributed by atoms with van der Waals surface area (Å²) < 4.78 is 0. The van der Waals surface area contributed by atoms with Crippen LogP contribution in [-0.4, -0.2) is 70.5 Å². The predicted octanol–water partition coefficient (Wildman–Crippen LogP) is 0.332. The van der Waals surface area contributed by atoms with Gasteiger partial charge in [0.05, 0.1) is 6.04 Å². The number of aromatic amines is 1. The second-order valence-electron chi connectivity index (χ2n) is 10.9. The van der Waals surface area contributed by atoms with E-state index in [1.54, 1.807) is 20.0 Å². The number of nitrogens with zero attached hydrogens (tertiary/aromatic N) is 1. The summed E-state index contributed by atoms with van der Waals surface area (Å²) in [6.45, 7) is 7.62. The molecular weight excluding hydrogens is 528 g/mol. The lowest BCUT2D eigenvalue weighted by molar-refractivity contribution is -0.142. The van der Waals surface area contributed by atoms with Crippen molar-refractivity contribution in [3.63, 3.8) is 0 Å². The van der Waals surface area contributed by atoms with Crippen molar-refractivity contribution < 1.29 is 24.3 Å². The molecule has 11 N–H and O–H groups in total. The maximum Gasteiger partial charge on any atom is 0.326 e. The molecule has 0 radical (unpaired) electrons. The summed E-state index contributed by atoms with van der Waals surface area (Å²) in [5, 5.41) is 18.6. The van der Waals surface area contributed by atoms with Crippen molar-refractivity contribution in [2.45, 2.75) is 77.5 Å². The third-order valence-corrected chi connectivity index (χ3v) is 6.60. The fourth-order valence-corrected chi connectivity index (χ4v) is 4.43. The molecular formula is C28H44N8O5. The molecule has 2 rings (SSSR count). The number of aromatic nitrogens is 1. The van der Waals surface area contributed by atoms with Crippen molar-refractivity contribution in [1.29, 1.82) is 0 Å². The number of hydrogen-bond donors (Lipinski definition) is 8. The first-order chi connectivity index (χ1) is 19.3.